The molecule has 0 unspecified atom stereocenters. The molecule has 0 saturated heterocycles. The fraction of sp³-hybridized carbons (Fsp3) is 0. The van der Waals surface area contributed by atoms with E-state index in [1.54, 1.807) is 12.1 Å². The molecule has 0 bridgehead atoms. The minimum Gasteiger partial charge on any atom is -0.396 e. The Morgan fingerprint density at radius 1 is 1.22 bits per heavy atom. The highest BCUT2D eigenvalue weighted by Crippen LogP contribution is 2.38. The molecule has 2 aromatic carbocycles. The molecule has 0 saturated carbocycles. The van der Waals surface area contributed by atoms with E-state index in [2.05, 4.69) is 26.6 Å². The molecule has 1 heterocycles. The number of rotatable bonds is 4. The minimum atomic E-state index is -0.937. The molecule has 1 amide bonds. The summed E-state index contributed by atoms with van der Waals surface area (Å²) in [4.78, 5) is 12.6. The van der Waals surface area contributed by atoms with Crippen molar-refractivity contribution in [1.82, 2.24) is 0 Å². The van der Waals surface area contributed by atoms with Crippen molar-refractivity contribution >= 4 is 55.2 Å². The van der Waals surface area contributed by atoms with Gasteiger partial charge in [0, 0.05) is 16.2 Å². The van der Waals surface area contributed by atoms with Crippen molar-refractivity contribution in [2.24, 2.45) is 0 Å². The van der Waals surface area contributed by atoms with Crippen molar-refractivity contribution in [2.45, 2.75) is 0 Å². The minimum absolute atomic E-state index is 0.0166. The number of nitriles is 1. The number of amides is 1. The number of thiophene rings is 1. The van der Waals surface area contributed by atoms with Gasteiger partial charge in [-0.05, 0) is 34.1 Å². The number of nitrogens with two attached hydrogens (primary N) is 1. The lowest BCUT2D eigenvalue weighted by molar-refractivity contribution is 0.103. The Morgan fingerprint density at radius 3 is 2.56 bits per heavy atom. The molecule has 5 nitrogen and oxygen atoms in total. The van der Waals surface area contributed by atoms with Crippen LogP contribution in [-0.2, 0) is 0 Å². The van der Waals surface area contributed by atoms with E-state index < -0.39 is 17.5 Å². The molecule has 3 rings (SSSR count). The highest BCUT2D eigenvalue weighted by molar-refractivity contribution is 9.10. The number of halogens is 3. The van der Waals surface area contributed by atoms with Gasteiger partial charge in [-0.25, -0.2) is 8.78 Å². The van der Waals surface area contributed by atoms with E-state index in [9.17, 15) is 18.8 Å². The van der Waals surface area contributed by atoms with Crippen molar-refractivity contribution in [3.05, 3.63) is 69.0 Å². The smallest absolute Gasteiger partial charge is 0.268 e. The van der Waals surface area contributed by atoms with E-state index in [0.717, 1.165) is 23.1 Å². The molecule has 0 aliphatic rings. The second kappa shape index (κ2) is 7.73. The van der Waals surface area contributed by atoms with Gasteiger partial charge in [-0.3, -0.25) is 4.79 Å². The summed E-state index contributed by atoms with van der Waals surface area (Å²) < 4.78 is 27.2. The first-order chi connectivity index (χ1) is 12.9. The molecule has 0 aliphatic heterocycles. The zero-order valence-electron chi connectivity index (χ0n) is 13.5. The van der Waals surface area contributed by atoms with Crippen LogP contribution >= 0.6 is 27.3 Å². The topological polar surface area (TPSA) is 90.9 Å². The van der Waals surface area contributed by atoms with Crippen molar-refractivity contribution in [1.29, 1.82) is 5.26 Å². The van der Waals surface area contributed by atoms with Gasteiger partial charge in [-0.1, -0.05) is 18.2 Å². The van der Waals surface area contributed by atoms with Gasteiger partial charge in [0.1, 0.15) is 27.3 Å². The second-order valence-corrected chi connectivity index (χ2v) is 7.23. The van der Waals surface area contributed by atoms with Crippen molar-refractivity contribution in [2.75, 3.05) is 16.4 Å². The van der Waals surface area contributed by atoms with Gasteiger partial charge in [0.05, 0.1) is 11.4 Å². The SMILES string of the molecule is N#Cc1c(Nc2ccccc2)sc(C(=O)Nc2c(F)cc(F)cc2Br)c1N. The van der Waals surface area contributed by atoms with Crippen LogP contribution in [0.4, 0.5) is 30.8 Å². The number of nitrogens with one attached hydrogen (secondary N) is 2. The van der Waals surface area contributed by atoms with Crippen molar-refractivity contribution < 1.29 is 13.6 Å². The Bertz CT molecular complexity index is 1040. The van der Waals surface area contributed by atoms with E-state index in [4.69, 9.17) is 5.73 Å². The molecule has 3 aromatic rings. The Morgan fingerprint density at radius 2 is 1.93 bits per heavy atom. The van der Waals surface area contributed by atoms with Crippen LogP contribution in [0, 0.1) is 23.0 Å². The largest absolute Gasteiger partial charge is 0.396 e. The summed E-state index contributed by atoms with van der Waals surface area (Å²) in [6.45, 7) is 0. The highest BCUT2D eigenvalue weighted by Gasteiger charge is 2.23. The molecule has 1 aromatic heterocycles. The molecule has 0 aliphatic carbocycles. The first-order valence-electron chi connectivity index (χ1n) is 7.51. The van der Waals surface area contributed by atoms with Crippen LogP contribution in [-0.4, -0.2) is 5.91 Å². The summed E-state index contributed by atoms with van der Waals surface area (Å²) in [6.07, 6.45) is 0. The fourth-order valence-electron chi connectivity index (χ4n) is 2.30. The van der Waals surface area contributed by atoms with Crippen LogP contribution in [0.3, 0.4) is 0 Å². The maximum Gasteiger partial charge on any atom is 0.268 e. The number of nitrogen functional groups attached to an aromatic ring is 1. The maximum atomic E-state index is 13.9. The molecule has 4 N–H and O–H groups in total. The van der Waals surface area contributed by atoms with Gasteiger partial charge >= 0.3 is 0 Å². The molecule has 0 atom stereocenters. The van der Waals surface area contributed by atoms with Crippen LogP contribution in [0.2, 0.25) is 0 Å². The second-order valence-electron chi connectivity index (χ2n) is 5.35. The summed E-state index contributed by atoms with van der Waals surface area (Å²) in [7, 11) is 0. The van der Waals surface area contributed by atoms with Gasteiger partial charge in [0.25, 0.3) is 5.91 Å². The average Bonchev–Trinajstić information content (AvgIpc) is 2.94. The molecule has 0 fully saturated rings. The van der Waals surface area contributed by atoms with Crippen LogP contribution < -0.4 is 16.4 Å². The van der Waals surface area contributed by atoms with Gasteiger partial charge in [-0.2, -0.15) is 5.26 Å². The quantitative estimate of drug-likeness (QED) is 0.508. The van der Waals surface area contributed by atoms with Gasteiger partial charge in [0.15, 0.2) is 5.82 Å². The first-order valence-corrected chi connectivity index (χ1v) is 9.12. The van der Waals surface area contributed by atoms with Gasteiger partial charge < -0.3 is 16.4 Å². The molecular formula is C18H11BrF2N4OS. The third kappa shape index (κ3) is 3.92. The van der Waals surface area contributed by atoms with Crippen LogP contribution in [0.1, 0.15) is 15.2 Å². The number of hydrogen-bond donors (Lipinski definition) is 3. The first kappa shape index (κ1) is 18.8. The third-order valence-electron chi connectivity index (χ3n) is 3.54. The van der Waals surface area contributed by atoms with E-state index in [1.807, 2.05) is 24.3 Å². The third-order valence-corrected chi connectivity index (χ3v) is 5.29. The van der Waals surface area contributed by atoms with Crippen molar-refractivity contribution in [3.63, 3.8) is 0 Å². The molecule has 0 spiro atoms. The van der Waals surface area contributed by atoms with Crippen LogP contribution in [0.25, 0.3) is 0 Å². The Balaban J connectivity index is 1.93. The summed E-state index contributed by atoms with van der Waals surface area (Å²) >= 11 is 3.97. The van der Waals surface area contributed by atoms with Gasteiger partial charge in [0.2, 0.25) is 0 Å². The van der Waals surface area contributed by atoms with Crippen molar-refractivity contribution in [3.8, 4) is 6.07 Å². The molecule has 9 heteroatoms. The zero-order valence-corrected chi connectivity index (χ0v) is 15.9. The number of hydrogen-bond acceptors (Lipinski definition) is 5. The van der Waals surface area contributed by atoms with E-state index in [1.165, 1.54) is 0 Å². The predicted octanol–water partition coefficient (Wildman–Crippen LogP) is 5.24. The molecule has 136 valence electrons. The average molecular weight is 449 g/mol. The number of para-hydroxylation sites is 1. The predicted molar refractivity (Wildman–Crippen MR) is 105 cm³/mol. The van der Waals surface area contributed by atoms with E-state index >= 15 is 0 Å². The zero-order chi connectivity index (χ0) is 19.6. The summed E-state index contributed by atoms with van der Waals surface area (Å²) in [5.74, 6) is -2.43. The number of benzene rings is 2. The monoisotopic (exact) mass is 448 g/mol. The number of carbonyl (C=O) groups is 1. The van der Waals surface area contributed by atoms with E-state index in [0.29, 0.717) is 11.1 Å². The van der Waals surface area contributed by atoms with Crippen LogP contribution in [0.15, 0.2) is 46.9 Å². The fourth-order valence-corrected chi connectivity index (χ4v) is 3.79. The molecular weight excluding hydrogens is 438 g/mol. The summed E-state index contributed by atoms with van der Waals surface area (Å²) in [6, 6.07) is 12.7. The number of carbonyl (C=O) groups excluding carboxylic acids is 1. The number of anilines is 4. The summed E-state index contributed by atoms with van der Waals surface area (Å²) in [5.41, 5.74) is 6.55. The summed E-state index contributed by atoms with van der Waals surface area (Å²) in [5, 5.41) is 15.2. The van der Waals surface area contributed by atoms with E-state index in [-0.39, 0.29) is 26.3 Å². The normalized spacial score (nSPS) is 10.3. The van der Waals surface area contributed by atoms with Gasteiger partial charge in [-0.15, -0.1) is 11.3 Å². The maximum absolute atomic E-state index is 13.9. The van der Waals surface area contributed by atoms with Crippen LogP contribution in [0.5, 0.6) is 0 Å². The number of nitrogens with zero attached hydrogens (tertiary/aromatic N) is 1. The standard InChI is InChI=1S/C18H11BrF2N4OS/c19-12-6-9(20)7-13(21)15(12)25-17(26)16-14(23)11(8-22)18(27-16)24-10-4-2-1-3-5-10/h1-7,24H,23H2,(H,25,26). The molecule has 0 radical (unpaired) electrons. The highest BCUT2D eigenvalue weighted by atomic mass is 79.9. The lowest BCUT2D eigenvalue weighted by Gasteiger charge is -2.08. The Labute approximate surface area is 165 Å². The Kier molecular flexibility index (Phi) is 5.39. The lowest BCUT2D eigenvalue weighted by atomic mass is 10.2. The lowest BCUT2D eigenvalue weighted by Crippen LogP contribution is -2.14. The molecule has 27 heavy (non-hydrogen) atoms. The Hall–Kier alpha value is -2.96.